The minimum absolute atomic E-state index is 0.0154. The number of hydrogen-bond donors (Lipinski definition) is 2. The first kappa shape index (κ1) is 22.7. The van der Waals surface area contributed by atoms with Gasteiger partial charge in [-0.25, -0.2) is 13.6 Å². The van der Waals surface area contributed by atoms with Crippen LogP contribution in [-0.4, -0.2) is 59.6 Å². The van der Waals surface area contributed by atoms with Crippen LogP contribution in [0.25, 0.3) is 11.1 Å². The number of carbonyl (C=O) groups excluding carboxylic acids is 2. The molecule has 0 saturated carbocycles. The van der Waals surface area contributed by atoms with Crippen LogP contribution in [0.4, 0.5) is 13.6 Å². The number of fused-ring (bicyclic) bond motifs is 3. The Labute approximate surface area is 189 Å². The molecule has 33 heavy (non-hydrogen) atoms. The molecule has 2 N–H and O–H groups in total. The van der Waals surface area contributed by atoms with Crippen molar-refractivity contribution in [3.63, 3.8) is 0 Å². The van der Waals surface area contributed by atoms with E-state index >= 15 is 0 Å². The average Bonchev–Trinajstić information content (AvgIpc) is 3.31. The number of aliphatic carboxylic acids is 1. The number of nitrogens with zero attached hydrogens (tertiary/aromatic N) is 1. The maximum Gasteiger partial charge on any atom is 0.407 e. The number of carboxylic acids is 1. The number of rotatable bonds is 7. The van der Waals surface area contributed by atoms with Crippen LogP contribution in [-0.2, 0) is 14.3 Å². The highest BCUT2D eigenvalue weighted by atomic mass is 19.3. The highest BCUT2D eigenvalue weighted by Gasteiger charge is 2.42. The molecule has 2 aromatic rings. The number of carboxylic acid groups (broad SMARTS) is 1. The normalized spacial score (nSPS) is 17.2. The van der Waals surface area contributed by atoms with Crippen LogP contribution in [0.15, 0.2) is 48.5 Å². The second kappa shape index (κ2) is 9.17. The molecule has 1 aliphatic carbocycles. The summed E-state index contributed by atoms with van der Waals surface area (Å²) in [5, 5.41) is 11.4. The topological polar surface area (TPSA) is 95.9 Å². The second-order valence-corrected chi connectivity index (χ2v) is 8.32. The first-order chi connectivity index (χ1) is 15.7. The van der Waals surface area contributed by atoms with E-state index in [-0.39, 0.29) is 25.5 Å². The van der Waals surface area contributed by atoms with Crippen LogP contribution in [0.5, 0.6) is 0 Å². The van der Waals surface area contributed by atoms with Gasteiger partial charge in [0.2, 0.25) is 5.91 Å². The molecule has 0 bridgehead atoms. The Morgan fingerprint density at radius 3 is 2.24 bits per heavy atom. The van der Waals surface area contributed by atoms with Gasteiger partial charge in [0, 0.05) is 25.3 Å². The van der Waals surface area contributed by atoms with Crippen molar-refractivity contribution >= 4 is 18.0 Å². The van der Waals surface area contributed by atoms with Gasteiger partial charge in [-0.15, -0.1) is 0 Å². The van der Waals surface area contributed by atoms with Crippen molar-refractivity contribution in [2.24, 2.45) is 0 Å². The molecule has 0 spiro atoms. The number of ether oxygens (including phenoxy) is 1. The van der Waals surface area contributed by atoms with Crippen molar-refractivity contribution in [3.05, 3.63) is 59.7 Å². The first-order valence-electron chi connectivity index (χ1n) is 10.7. The Morgan fingerprint density at radius 2 is 1.70 bits per heavy atom. The molecule has 9 heteroatoms. The number of alkyl halides is 2. The molecule has 4 rings (SSSR count). The molecule has 7 nitrogen and oxygen atoms in total. The van der Waals surface area contributed by atoms with Crippen LogP contribution >= 0.6 is 0 Å². The lowest BCUT2D eigenvalue weighted by molar-refractivity contribution is -0.138. The van der Waals surface area contributed by atoms with E-state index in [9.17, 15) is 23.2 Å². The third-order valence-electron chi connectivity index (χ3n) is 6.06. The third kappa shape index (κ3) is 4.97. The molecule has 0 aromatic heterocycles. The van der Waals surface area contributed by atoms with Gasteiger partial charge in [-0.3, -0.25) is 9.59 Å². The fourth-order valence-corrected chi connectivity index (χ4v) is 4.45. The lowest BCUT2D eigenvalue weighted by atomic mass is 9.98. The number of amides is 2. The van der Waals surface area contributed by atoms with Crippen molar-refractivity contribution in [2.45, 2.75) is 37.1 Å². The Bertz CT molecular complexity index is 1030. The highest BCUT2D eigenvalue weighted by Crippen LogP contribution is 2.44. The van der Waals surface area contributed by atoms with Gasteiger partial charge in [-0.1, -0.05) is 48.5 Å². The summed E-state index contributed by atoms with van der Waals surface area (Å²) in [5.74, 6) is -5.07. The van der Waals surface area contributed by atoms with Gasteiger partial charge in [0.25, 0.3) is 5.92 Å². The maximum atomic E-state index is 13.5. The Balaban J connectivity index is 1.42. The standard InChI is InChI=1S/C24H24F2N2O5/c25-24(26)11-12-28(14-24)22(31)20(9-10-21(29)30)27-23(32)33-13-19-17-7-3-1-5-15(17)16-6-2-4-8-18(16)19/h1-8,19-20H,9-14H2,(H,27,32)(H,29,30). The van der Waals surface area contributed by atoms with Crippen molar-refractivity contribution in [3.8, 4) is 11.1 Å². The number of halogens is 2. The average molecular weight is 458 g/mol. The molecule has 1 atom stereocenters. The second-order valence-electron chi connectivity index (χ2n) is 8.32. The summed E-state index contributed by atoms with van der Waals surface area (Å²) in [4.78, 5) is 37.2. The number of likely N-dealkylation sites (tertiary alicyclic amines) is 1. The molecule has 2 aromatic carbocycles. The zero-order valence-corrected chi connectivity index (χ0v) is 17.8. The predicted molar refractivity (Wildman–Crippen MR) is 115 cm³/mol. The molecule has 174 valence electrons. The van der Waals surface area contributed by atoms with E-state index in [0.29, 0.717) is 0 Å². The quantitative estimate of drug-likeness (QED) is 0.661. The monoisotopic (exact) mass is 458 g/mol. The predicted octanol–water partition coefficient (Wildman–Crippen LogP) is 3.63. The lowest BCUT2D eigenvalue weighted by Gasteiger charge is -2.24. The molecule has 1 heterocycles. The van der Waals surface area contributed by atoms with E-state index in [1.165, 1.54) is 0 Å². The summed E-state index contributed by atoms with van der Waals surface area (Å²) in [6.07, 6.45) is -1.98. The van der Waals surface area contributed by atoms with E-state index in [4.69, 9.17) is 9.84 Å². The minimum Gasteiger partial charge on any atom is -0.481 e. The van der Waals surface area contributed by atoms with E-state index in [0.717, 1.165) is 27.2 Å². The summed E-state index contributed by atoms with van der Waals surface area (Å²) in [6, 6.07) is 14.4. The number of benzene rings is 2. The van der Waals surface area contributed by atoms with Gasteiger partial charge in [0.15, 0.2) is 0 Å². The fraction of sp³-hybridized carbons (Fsp3) is 0.375. The summed E-state index contributed by atoms with van der Waals surface area (Å²) in [6.45, 7) is -0.884. The van der Waals surface area contributed by atoms with E-state index in [1.807, 2.05) is 48.5 Å². The van der Waals surface area contributed by atoms with Gasteiger partial charge in [0.05, 0.1) is 6.54 Å². The Kier molecular flexibility index (Phi) is 6.31. The molecule has 2 amide bonds. The van der Waals surface area contributed by atoms with E-state index in [1.54, 1.807) is 0 Å². The summed E-state index contributed by atoms with van der Waals surface area (Å²) >= 11 is 0. The first-order valence-corrected chi connectivity index (χ1v) is 10.7. The summed E-state index contributed by atoms with van der Waals surface area (Å²) in [7, 11) is 0. The summed E-state index contributed by atoms with van der Waals surface area (Å²) in [5.41, 5.74) is 4.16. The Morgan fingerprint density at radius 1 is 1.09 bits per heavy atom. The van der Waals surface area contributed by atoms with Crippen LogP contribution in [0.3, 0.4) is 0 Å². The largest absolute Gasteiger partial charge is 0.481 e. The van der Waals surface area contributed by atoms with Crippen LogP contribution in [0, 0.1) is 0 Å². The van der Waals surface area contributed by atoms with Gasteiger partial charge in [-0.2, -0.15) is 0 Å². The molecular formula is C24H24F2N2O5. The van der Waals surface area contributed by atoms with Crippen LogP contribution in [0.2, 0.25) is 0 Å². The highest BCUT2D eigenvalue weighted by molar-refractivity contribution is 5.86. The smallest absolute Gasteiger partial charge is 0.407 e. The zero-order valence-electron chi connectivity index (χ0n) is 17.8. The number of carbonyl (C=O) groups is 3. The maximum absolute atomic E-state index is 13.5. The zero-order chi connectivity index (χ0) is 23.6. The van der Waals surface area contributed by atoms with Gasteiger partial charge in [-0.05, 0) is 28.7 Å². The number of alkyl carbamates (subject to hydrolysis) is 1. The van der Waals surface area contributed by atoms with Gasteiger partial charge in [0.1, 0.15) is 12.6 Å². The third-order valence-corrected chi connectivity index (χ3v) is 6.06. The molecule has 1 fully saturated rings. The Hall–Kier alpha value is -3.49. The summed E-state index contributed by atoms with van der Waals surface area (Å²) < 4.78 is 32.5. The molecular weight excluding hydrogens is 434 g/mol. The van der Waals surface area contributed by atoms with Crippen LogP contribution < -0.4 is 5.32 Å². The van der Waals surface area contributed by atoms with E-state index < -0.39 is 49.3 Å². The van der Waals surface area contributed by atoms with Gasteiger partial charge < -0.3 is 20.1 Å². The van der Waals surface area contributed by atoms with Crippen molar-refractivity contribution in [1.29, 1.82) is 0 Å². The molecule has 1 saturated heterocycles. The van der Waals surface area contributed by atoms with E-state index in [2.05, 4.69) is 5.32 Å². The van der Waals surface area contributed by atoms with Crippen molar-refractivity contribution in [1.82, 2.24) is 10.2 Å². The lowest BCUT2D eigenvalue weighted by Crippen LogP contribution is -2.48. The minimum atomic E-state index is -2.99. The van der Waals surface area contributed by atoms with Crippen molar-refractivity contribution < 1.29 is 33.0 Å². The molecule has 1 unspecified atom stereocenters. The number of nitrogens with one attached hydrogen (secondary N) is 1. The molecule has 2 aliphatic rings. The number of hydrogen-bond acceptors (Lipinski definition) is 4. The fourth-order valence-electron chi connectivity index (χ4n) is 4.45. The SMILES string of the molecule is O=C(O)CCC(NC(=O)OCC1c2ccccc2-c2ccccc21)C(=O)N1CCC(F)(F)C1. The van der Waals surface area contributed by atoms with Crippen LogP contribution in [0.1, 0.15) is 36.3 Å². The molecule has 1 aliphatic heterocycles. The van der Waals surface area contributed by atoms with Gasteiger partial charge >= 0.3 is 12.1 Å². The molecule has 0 radical (unpaired) electrons. The van der Waals surface area contributed by atoms with Crippen molar-refractivity contribution in [2.75, 3.05) is 19.7 Å².